The Hall–Kier alpha value is -3.20. The zero-order valence-corrected chi connectivity index (χ0v) is 18.1. The van der Waals surface area contributed by atoms with Gasteiger partial charge < -0.3 is 25.2 Å². The number of ether oxygens (including phenoxy) is 1. The lowest BCUT2D eigenvalue weighted by Crippen LogP contribution is -2.49. The average Bonchev–Trinajstić information content (AvgIpc) is 3.23. The summed E-state index contributed by atoms with van der Waals surface area (Å²) >= 11 is 0. The van der Waals surface area contributed by atoms with Crippen LogP contribution in [0.3, 0.4) is 0 Å². The smallest absolute Gasteiger partial charge is 0.248 e. The van der Waals surface area contributed by atoms with E-state index in [0.29, 0.717) is 48.8 Å². The lowest BCUT2D eigenvalue weighted by atomic mass is 10.1. The first-order chi connectivity index (χ1) is 15.4. The third-order valence-corrected chi connectivity index (χ3v) is 5.92. The molecule has 2 aliphatic rings. The van der Waals surface area contributed by atoms with Gasteiger partial charge in [-0.05, 0) is 36.8 Å². The summed E-state index contributed by atoms with van der Waals surface area (Å²) in [6, 6.07) is 6.81. The second-order valence-electron chi connectivity index (χ2n) is 8.11. The van der Waals surface area contributed by atoms with Crippen molar-refractivity contribution in [3.05, 3.63) is 53.1 Å². The van der Waals surface area contributed by atoms with Gasteiger partial charge in [-0.3, -0.25) is 9.59 Å². The van der Waals surface area contributed by atoms with Crippen LogP contribution in [0.15, 0.2) is 30.3 Å². The minimum absolute atomic E-state index is 0.0403. The fourth-order valence-electron chi connectivity index (χ4n) is 4.21. The van der Waals surface area contributed by atoms with Gasteiger partial charge in [0.1, 0.15) is 24.3 Å². The molecule has 170 valence electrons. The highest BCUT2D eigenvalue weighted by molar-refractivity contribution is 5.98. The normalized spacial score (nSPS) is 17.7. The second-order valence-corrected chi connectivity index (χ2v) is 8.11. The quantitative estimate of drug-likeness (QED) is 0.742. The van der Waals surface area contributed by atoms with Crippen LogP contribution in [0.25, 0.3) is 0 Å². The predicted octanol–water partition coefficient (Wildman–Crippen LogP) is 2.54. The third kappa shape index (κ3) is 4.52. The Labute approximate surface area is 185 Å². The van der Waals surface area contributed by atoms with Crippen LogP contribution in [0, 0.1) is 18.6 Å². The summed E-state index contributed by atoms with van der Waals surface area (Å²) in [6.45, 7) is 4.01. The molecule has 2 heterocycles. The van der Waals surface area contributed by atoms with Gasteiger partial charge in [-0.2, -0.15) is 0 Å². The zero-order valence-electron chi connectivity index (χ0n) is 18.1. The summed E-state index contributed by atoms with van der Waals surface area (Å²) in [5.41, 5.74) is 2.96. The molecule has 2 N–H and O–H groups in total. The van der Waals surface area contributed by atoms with Crippen molar-refractivity contribution in [3.8, 4) is 0 Å². The largest absolute Gasteiger partial charge is 0.375 e. The summed E-state index contributed by atoms with van der Waals surface area (Å²) in [5, 5.41) is 5.83. The second kappa shape index (κ2) is 9.12. The van der Waals surface area contributed by atoms with Crippen LogP contribution in [0.4, 0.5) is 25.8 Å². The maximum atomic E-state index is 14.3. The van der Waals surface area contributed by atoms with Gasteiger partial charge in [0, 0.05) is 62.3 Å². The van der Waals surface area contributed by atoms with Crippen molar-refractivity contribution in [2.45, 2.75) is 19.4 Å². The molecule has 1 unspecified atom stereocenters. The number of nitrogens with zero attached hydrogens (tertiary/aromatic N) is 2. The first-order valence-electron chi connectivity index (χ1n) is 10.5. The van der Waals surface area contributed by atoms with Crippen LogP contribution in [0.1, 0.15) is 11.1 Å². The van der Waals surface area contributed by atoms with Gasteiger partial charge in [-0.1, -0.05) is 6.07 Å². The van der Waals surface area contributed by atoms with E-state index in [1.165, 1.54) is 25.3 Å². The third-order valence-electron chi connectivity index (χ3n) is 5.92. The molecule has 0 bridgehead atoms. The molecule has 2 aromatic carbocycles. The van der Waals surface area contributed by atoms with E-state index in [-0.39, 0.29) is 30.7 Å². The standard InChI is InChI=1S/C23H26F2N4O3/c1-14-3-4-19(25)18-12-20(27-22(14)18)23(31)26-16-9-15(24)10-17(11-16)28-5-7-29(8-6-28)21(30)13-32-2/h3-4,9-11,20,27H,5-8,12-13H2,1-2H3,(H,26,31). The number of nitrogens with one attached hydrogen (secondary N) is 2. The number of fused-ring (bicyclic) bond motifs is 1. The van der Waals surface area contributed by atoms with Gasteiger partial charge in [0.05, 0.1) is 0 Å². The van der Waals surface area contributed by atoms with Crippen LogP contribution >= 0.6 is 0 Å². The van der Waals surface area contributed by atoms with Crippen molar-refractivity contribution in [1.82, 2.24) is 4.90 Å². The van der Waals surface area contributed by atoms with Crippen molar-refractivity contribution >= 4 is 28.9 Å². The predicted molar refractivity (Wildman–Crippen MR) is 118 cm³/mol. The fraction of sp³-hybridized carbons (Fsp3) is 0.391. The summed E-state index contributed by atoms with van der Waals surface area (Å²) in [6.07, 6.45) is 0.230. The molecule has 0 spiro atoms. The van der Waals surface area contributed by atoms with Crippen LogP contribution in [-0.2, 0) is 20.7 Å². The van der Waals surface area contributed by atoms with Crippen LogP contribution in [-0.4, -0.2) is 62.7 Å². The van der Waals surface area contributed by atoms with Gasteiger partial charge in [0.15, 0.2) is 0 Å². The summed E-state index contributed by atoms with van der Waals surface area (Å²) in [7, 11) is 1.48. The van der Waals surface area contributed by atoms with E-state index < -0.39 is 11.9 Å². The number of hydrogen-bond acceptors (Lipinski definition) is 5. The Morgan fingerprint density at radius 2 is 1.91 bits per heavy atom. The summed E-state index contributed by atoms with van der Waals surface area (Å²) in [4.78, 5) is 28.4. The van der Waals surface area contributed by atoms with Crippen molar-refractivity contribution in [3.63, 3.8) is 0 Å². The van der Waals surface area contributed by atoms with E-state index in [9.17, 15) is 18.4 Å². The molecular formula is C23H26F2N4O3. The zero-order chi connectivity index (χ0) is 22.8. The number of aryl methyl sites for hydroxylation is 1. The Bertz CT molecular complexity index is 1010. The molecule has 1 atom stereocenters. The van der Waals surface area contributed by atoms with Gasteiger partial charge in [-0.15, -0.1) is 0 Å². The Morgan fingerprint density at radius 3 is 2.59 bits per heavy atom. The number of carbonyl (C=O) groups is 2. The van der Waals surface area contributed by atoms with Crippen molar-refractivity contribution < 1.29 is 23.1 Å². The molecule has 9 heteroatoms. The molecule has 1 fully saturated rings. The molecule has 4 rings (SSSR count). The highest BCUT2D eigenvalue weighted by Gasteiger charge is 2.30. The fourth-order valence-corrected chi connectivity index (χ4v) is 4.21. The lowest BCUT2D eigenvalue weighted by Gasteiger charge is -2.36. The highest BCUT2D eigenvalue weighted by Crippen LogP contribution is 2.32. The SMILES string of the molecule is COCC(=O)N1CCN(c2cc(F)cc(NC(=O)C3Cc4c(F)ccc(C)c4N3)c2)CC1. The Morgan fingerprint density at radius 1 is 1.16 bits per heavy atom. The number of anilines is 3. The topological polar surface area (TPSA) is 73.9 Å². The summed E-state index contributed by atoms with van der Waals surface area (Å²) in [5.74, 6) is -1.24. The molecule has 7 nitrogen and oxygen atoms in total. The van der Waals surface area contributed by atoms with E-state index >= 15 is 0 Å². The number of amides is 2. The number of rotatable bonds is 5. The molecule has 0 saturated carbocycles. The van der Waals surface area contributed by atoms with E-state index in [0.717, 1.165) is 5.56 Å². The Kier molecular flexibility index (Phi) is 6.27. The van der Waals surface area contributed by atoms with E-state index in [2.05, 4.69) is 10.6 Å². The molecule has 32 heavy (non-hydrogen) atoms. The molecule has 1 saturated heterocycles. The molecule has 2 amide bonds. The number of carbonyl (C=O) groups excluding carboxylic acids is 2. The molecular weight excluding hydrogens is 418 g/mol. The number of piperazine rings is 1. The van der Waals surface area contributed by atoms with E-state index in [1.54, 1.807) is 17.0 Å². The number of halogens is 2. The lowest BCUT2D eigenvalue weighted by molar-refractivity contribution is -0.135. The number of hydrogen-bond donors (Lipinski definition) is 2. The molecule has 0 aliphatic carbocycles. The molecule has 0 aromatic heterocycles. The maximum Gasteiger partial charge on any atom is 0.248 e. The first-order valence-corrected chi connectivity index (χ1v) is 10.5. The van der Waals surface area contributed by atoms with Gasteiger partial charge in [0.2, 0.25) is 11.8 Å². The first kappa shape index (κ1) is 22.0. The minimum atomic E-state index is -0.636. The number of benzene rings is 2. The average molecular weight is 444 g/mol. The van der Waals surface area contributed by atoms with Crippen LogP contribution < -0.4 is 15.5 Å². The Balaban J connectivity index is 1.42. The molecule has 2 aromatic rings. The van der Waals surface area contributed by atoms with Crippen molar-refractivity contribution in [2.24, 2.45) is 0 Å². The minimum Gasteiger partial charge on any atom is -0.375 e. The van der Waals surface area contributed by atoms with Gasteiger partial charge >= 0.3 is 0 Å². The van der Waals surface area contributed by atoms with Crippen molar-refractivity contribution in [1.29, 1.82) is 0 Å². The van der Waals surface area contributed by atoms with E-state index in [1.807, 2.05) is 11.8 Å². The maximum absolute atomic E-state index is 14.3. The van der Waals surface area contributed by atoms with E-state index in [4.69, 9.17) is 4.74 Å². The van der Waals surface area contributed by atoms with Crippen LogP contribution in [0.2, 0.25) is 0 Å². The van der Waals surface area contributed by atoms with Crippen molar-refractivity contribution in [2.75, 3.05) is 55.4 Å². The number of methoxy groups -OCH3 is 1. The summed E-state index contributed by atoms with van der Waals surface area (Å²) < 4.78 is 33.3. The molecule has 2 aliphatic heterocycles. The van der Waals surface area contributed by atoms with Gasteiger partial charge in [-0.25, -0.2) is 8.78 Å². The van der Waals surface area contributed by atoms with Gasteiger partial charge in [0.25, 0.3) is 0 Å². The highest BCUT2D eigenvalue weighted by atomic mass is 19.1. The monoisotopic (exact) mass is 444 g/mol. The van der Waals surface area contributed by atoms with Crippen LogP contribution in [0.5, 0.6) is 0 Å². The molecule has 0 radical (unpaired) electrons.